The van der Waals surface area contributed by atoms with Gasteiger partial charge in [0.2, 0.25) is 5.91 Å². The highest BCUT2D eigenvalue weighted by molar-refractivity contribution is 7.86. The summed E-state index contributed by atoms with van der Waals surface area (Å²) in [7, 11) is -4.84. The number of carbonyl (C=O) groups is 1. The van der Waals surface area contributed by atoms with Crippen molar-refractivity contribution in [2.45, 2.75) is 30.8 Å². The molecule has 0 bridgehead atoms. The average molecular weight is 455 g/mol. The van der Waals surface area contributed by atoms with Crippen molar-refractivity contribution < 1.29 is 17.1 Å². The largest absolute Gasteiger partial charge is 0.337 e. The van der Waals surface area contributed by atoms with E-state index < -0.39 is 15.1 Å². The van der Waals surface area contributed by atoms with Gasteiger partial charge in [-0.25, -0.2) is 0 Å². The summed E-state index contributed by atoms with van der Waals surface area (Å²) in [5.74, 6) is 2.42. The summed E-state index contributed by atoms with van der Waals surface area (Å²) in [5, 5.41) is 7.92. The Morgan fingerprint density at radius 3 is 2.78 bits per heavy atom. The van der Waals surface area contributed by atoms with Crippen LogP contribution in [0.25, 0.3) is 10.9 Å². The molecule has 0 unspecified atom stereocenters. The first kappa shape index (κ1) is 22.0. The van der Waals surface area contributed by atoms with Gasteiger partial charge in [-0.05, 0) is 42.3 Å². The highest BCUT2D eigenvalue weighted by Crippen LogP contribution is 2.21. The first-order chi connectivity index (χ1) is 15.2. The van der Waals surface area contributed by atoms with Gasteiger partial charge in [0.15, 0.2) is 0 Å². The molecule has 2 aromatic carbocycles. The van der Waals surface area contributed by atoms with E-state index in [0.717, 1.165) is 22.5 Å². The zero-order valence-corrected chi connectivity index (χ0v) is 18.4. The number of amides is 1. The summed E-state index contributed by atoms with van der Waals surface area (Å²) in [5.41, 5.74) is 2.76. The molecule has 1 N–H and O–H groups in total. The van der Waals surface area contributed by atoms with Crippen LogP contribution in [0.4, 0.5) is 3.89 Å². The number of aromatic amines is 1. The predicted octanol–water partition coefficient (Wildman–Crippen LogP) is 2.48. The molecule has 0 radical (unpaired) electrons. The molecular weight excluding hydrogens is 431 g/mol. The van der Waals surface area contributed by atoms with Crippen LogP contribution in [0.1, 0.15) is 23.6 Å². The van der Waals surface area contributed by atoms with Crippen molar-refractivity contribution in [2.75, 3.05) is 19.6 Å². The molecule has 2 heterocycles. The van der Waals surface area contributed by atoms with E-state index in [4.69, 9.17) is 6.42 Å². The van der Waals surface area contributed by atoms with Crippen LogP contribution in [0.5, 0.6) is 0 Å². The molecule has 0 aliphatic carbocycles. The van der Waals surface area contributed by atoms with Gasteiger partial charge < -0.3 is 4.90 Å². The number of rotatable bonds is 5. The molecule has 1 fully saturated rings. The summed E-state index contributed by atoms with van der Waals surface area (Å²) < 4.78 is 36.1. The molecule has 4 rings (SSSR count). The first-order valence-corrected chi connectivity index (χ1v) is 11.6. The molecule has 0 saturated carbocycles. The maximum absolute atomic E-state index is 13.5. The Bertz CT molecular complexity index is 1310. The topological polar surface area (TPSA) is 86.4 Å². The molecule has 1 atom stereocenters. The predicted molar refractivity (Wildman–Crippen MR) is 119 cm³/mol. The smallest absolute Gasteiger partial charge is 0.332 e. The minimum atomic E-state index is -4.84. The van der Waals surface area contributed by atoms with Crippen molar-refractivity contribution in [3.63, 3.8) is 0 Å². The Labute approximate surface area is 186 Å². The van der Waals surface area contributed by atoms with Crippen molar-refractivity contribution in [3.8, 4) is 12.3 Å². The lowest BCUT2D eigenvalue weighted by Gasteiger charge is -2.40. The lowest BCUT2D eigenvalue weighted by Crippen LogP contribution is -2.54. The lowest BCUT2D eigenvalue weighted by atomic mass is 10.1. The molecule has 1 aliphatic heterocycles. The first-order valence-electron chi connectivity index (χ1n) is 10.2. The van der Waals surface area contributed by atoms with Gasteiger partial charge in [-0.3, -0.25) is 14.8 Å². The van der Waals surface area contributed by atoms with Gasteiger partial charge in [0.25, 0.3) is 0 Å². The number of fused-ring (bicyclic) bond motifs is 1. The number of H-pyrrole nitrogens is 1. The Balaban J connectivity index is 1.41. The van der Waals surface area contributed by atoms with E-state index in [1.807, 2.05) is 30.0 Å². The zero-order valence-electron chi connectivity index (χ0n) is 17.6. The number of terminal acetylenes is 1. The summed E-state index contributed by atoms with van der Waals surface area (Å²) in [6.45, 7) is 4.19. The van der Waals surface area contributed by atoms with Crippen LogP contribution in [0.3, 0.4) is 0 Å². The van der Waals surface area contributed by atoms with Gasteiger partial charge >= 0.3 is 10.2 Å². The van der Waals surface area contributed by atoms with E-state index in [-0.39, 0.29) is 11.9 Å². The summed E-state index contributed by atoms with van der Waals surface area (Å²) >= 11 is 0. The standard InChI is InChI=1S/C23H23FN4O3S/c1-3-17-8-19(10-21(9-17)32(24,30)31)15-27-6-7-28(16(2)14-27)23(29)12-18-4-5-20-13-25-26-22(20)11-18/h1,4-5,8-11,13,16H,6-7,12,14-15H2,2H3,(H,25,26)/t16-/m1/s1. The van der Waals surface area contributed by atoms with E-state index >= 15 is 0 Å². The molecule has 32 heavy (non-hydrogen) atoms. The quantitative estimate of drug-likeness (QED) is 0.473. The van der Waals surface area contributed by atoms with E-state index in [0.29, 0.717) is 43.7 Å². The van der Waals surface area contributed by atoms with Crippen LogP contribution in [0.2, 0.25) is 0 Å². The van der Waals surface area contributed by atoms with Gasteiger partial charge in [-0.2, -0.15) is 13.5 Å². The number of nitrogens with zero attached hydrogens (tertiary/aromatic N) is 3. The summed E-state index contributed by atoms with van der Waals surface area (Å²) in [6.07, 6.45) is 7.45. The SMILES string of the molecule is C#Cc1cc(CN2CCN(C(=O)Cc3ccc4cn[nH]c4c3)[C@H](C)C2)cc(S(=O)(=O)F)c1. The molecule has 1 amide bonds. The van der Waals surface area contributed by atoms with Crippen LogP contribution in [0, 0.1) is 12.3 Å². The molecule has 3 aromatic rings. The molecule has 7 nitrogen and oxygen atoms in total. The fraction of sp³-hybridized carbons (Fsp3) is 0.304. The monoisotopic (exact) mass is 454 g/mol. The maximum atomic E-state index is 13.5. The Kier molecular flexibility index (Phi) is 6.00. The van der Waals surface area contributed by atoms with Gasteiger partial charge in [0.05, 0.1) is 18.1 Å². The van der Waals surface area contributed by atoms with Crippen molar-refractivity contribution in [3.05, 3.63) is 59.3 Å². The number of nitrogens with one attached hydrogen (secondary N) is 1. The van der Waals surface area contributed by atoms with Gasteiger partial charge in [-0.15, -0.1) is 10.3 Å². The number of hydrogen-bond acceptors (Lipinski definition) is 5. The molecule has 9 heteroatoms. The lowest BCUT2D eigenvalue weighted by molar-refractivity contribution is -0.135. The number of carbonyl (C=O) groups excluding carboxylic acids is 1. The minimum absolute atomic E-state index is 0.0210. The number of aromatic nitrogens is 2. The highest BCUT2D eigenvalue weighted by Gasteiger charge is 2.27. The van der Waals surface area contributed by atoms with Crippen molar-refractivity contribution in [1.29, 1.82) is 0 Å². The third kappa shape index (κ3) is 4.82. The van der Waals surface area contributed by atoms with Gasteiger partial charge in [0, 0.05) is 43.2 Å². The van der Waals surface area contributed by atoms with E-state index in [2.05, 4.69) is 21.0 Å². The Hall–Kier alpha value is -3.22. The van der Waals surface area contributed by atoms with Crippen LogP contribution in [-0.2, 0) is 28.0 Å². The van der Waals surface area contributed by atoms with E-state index in [1.165, 1.54) is 6.07 Å². The molecular formula is C23H23FN4O3S. The second-order valence-corrected chi connectivity index (χ2v) is 9.43. The Morgan fingerprint density at radius 1 is 1.25 bits per heavy atom. The maximum Gasteiger partial charge on any atom is 0.332 e. The average Bonchev–Trinajstić information content (AvgIpc) is 3.20. The Morgan fingerprint density at radius 2 is 2.06 bits per heavy atom. The van der Waals surface area contributed by atoms with E-state index in [9.17, 15) is 17.1 Å². The van der Waals surface area contributed by atoms with Crippen molar-refractivity contribution in [1.82, 2.24) is 20.0 Å². The molecule has 0 spiro atoms. The number of benzene rings is 2. The van der Waals surface area contributed by atoms with Crippen molar-refractivity contribution in [2.24, 2.45) is 0 Å². The molecule has 166 valence electrons. The fourth-order valence-electron chi connectivity index (χ4n) is 4.15. The molecule has 1 aromatic heterocycles. The highest BCUT2D eigenvalue weighted by atomic mass is 32.3. The normalized spacial score (nSPS) is 17.4. The number of halogens is 1. The van der Waals surface area contributed by atoms with Gasteiger partial charge in [-0.1, -0.05) is 18.1 Å². The molecule has 1 aliphatic rings. The summed E-state index contributed by atoms with van der Waals surface area (Å²) in [4.78, 5) is 16.4. The van der Waals surface area contributed by atoms with Crippen LogP contribution in [0.15, 0.2) is 47.5 Å². The zero-order chi connectivity index (χ0) is 22.9. The second-order valence-electron chi connectivity index (χ2n) is 8.09. The summed E-state index contributed by atoms with van der Waals surface area (Å²) in [6, 6.07) is 9.94. The van der Waals surface area contributed by atoms with Crippen LogP contribution >= 0.6 is 0 Å². The third-order valence-electron chi connectivity index (χ3n) is 5.71. The number of hydrogen-bond donors (Lipinski definition) is 1. The van der Waals surface area contributed by atoms with Crippen LogP contribution in [-0.4, -0.2) is 60.0 Å². The van der Waals surface area contributed by atoms with Crippen LogP contribution < -0.4 is 0 Å². The number of piperazine rings is 1. The fourth-order valence-corrected chi connectivity index (χ4v) is 4.71. The van der Waals surface area contributed by atoms with Gasteiger partial charge in [0.1, 0.15) is 4.90 Å². The minimum Gasteiger partial charge on any atom is -0.337 e. The molecule has 1 saturated heterocycles. The van der Waals surface area contributed by atoms with E-state index in [1.54, 1.807) is 12.3 Å². The second kappa shape index (κ2) is 8.73. The van der Waals surface area contributed by atoms with Crippen molar-refractivity contribution >= 4 is 27.0 Å². The third-order valence-corrected chi connectivity index (χ3v) is 6.51.